The zero-order valence-corrected chi connectivity index (χ0v) is 13.4. The minimum Gasteiger partial charge on any atom is -0.480 e. The fourth-order valence-electron chi connectivity index (χ4n) is 1.61. The minimum atomic E-state index is -0.936. The molecule has 2 aromatic heterocycles. The van der Waals surface area contributed by atoms with Crippen LogP contribution in [0.1, 0.15) is 17.3 Å². The number of thioether (sulfide) groups is 1. The maximum absolute atomic E-state index is 10.9. The molecule has 0 saturated heterocycles. The maximum Gasteiger partial charge on any atom is 0.325 e. The highest BCUT2D eigenvalue weighted by molar-refractivity contribution is 8.00. The standard InChI is InChI=1S/C12H16N4O3S2/c1-8-6-20-12(13-8)21-7-10-14-9(3-4-19-2)15-16(10)5-11(17)18/h6H,3-5,7H2,1-2H3,(H,17,18). The molecule has 0 aromatic carbocycles. The van der Waals surface area contributed by atoms with Crippen LogP contribution in [0.5, 0.6) is 0 Å². The quantitative estimate of drug-likeness (QED) is 0.736. The highest BCUT2D eigenvalue weighted by Crippen LogP contribution is 2.25. The molecule has 0 aliphatic heterocycles. The lowest BCUT2D eigenvalue weighted by Gasteiger charge is -2.01. The lowest BCUT2D eigenvalue weighted by Crippen LogP contribution is -2.13. The van der Waals surface area contributed by atoms with E-state index in [-0.39, 0.29) is 6.54 Å². The molecule has 2 heterocycles. The van der Waals surface area contributed by atoms with Crippen LogP contribution < -0.4 is 0 Å². The Labute approximate surface area is 130 Å². The summed E-state index contributed by atoms with van der Waals surface area (Å²) >= 11 is 3.10. The molecule has 0 fully saturated rings. The van der Waals surface area contributed by atoms with E-state index in [0.717, 1.165) is 10.0 Å². The van der Waals surface area contributed by atoms with E-state index < -0.39 is 5.97 Å². The smallest absolute Gasteiger partial charge is 0.325 e. The molecule has 0 saturated carbocycles. The Morgan fingerprint density at radius 2 is 2.33 bits per heavy atom. The fourth-order valence-corrected chi connectivity index (χ4v) is 3.40. The normalized spacial score (nSPS) is 11.0. The molecule has 9 heteroatoms. The molecule has 1 N–H and O–H groups in total. The lowest BCUT2D eigenvalue weighted by molar-refractivity contribution is -0.137. The predicted molar refractivity (Wildman–Crippen MR) is 79.6 cm³/mol. The Kier molecular flexibility index (Phi) is 5.71. The van der Waals surface area contributed by atoms with Gasteiger partial charge in [-0.3, -0.25) is 4.79 Å². The number of carbonyl (C=O) groups is 1. The number of hydrogen-bond donors (Lipinski definition) is 1. The zero-order valence-electron chi connectivity index (χ0n) is 11.8. The van der Waals surface area contributed by atoms with E-state index in [4.69, 9.17) is 9.84 Å². The van der Waals surface area contributed by atoms with E-state index in [9.17, 15) is 4.79 Å². The molecule has 0 unspecified atom stereocenters. The molecule has 0 radical (unpaired) electrons. The summed E-state index contributed by atoms with van der Waals surface area (Å²) in [4.78, 5) is 19.6. The summed E-state index contributed by atoms with van der Waals surface area (Å²) in [5, 5.41) is 15.1. The van der Waals surface area contributed by atoms with Crippen LogP contribution in [0, 0.1) is 6.92 Å². The molecule has 0 aliphatic rings. The van der Waals surface area contributed by atoms with Gasteiger partial charge < -0.3 is 9.84 Å². The van der Waals surface area contributed by atoms with Gasteiger partial charge in [0.05, 0.1) is 12.4 Å². The Balaban J connectivity index is 2.07. The van der Waals surface area contributed by atoms with Crippen LogP contribution in [-0.2, 0) is 28.2 Å². The highest BCUT2D eigenvalue weighted by Gasteiger charge is 2.13. The van der Waals surface area contributed by atoms with Crippen molar-refractivity contribution in [2.75, 3.05) is 13.7 Å². The summed E-state index contributed by atoms with van der Waals surface area (Å²) in [6, 6.07) is 0. The van der Waals surface area contributed by atoms with E-state index in [1.54, 1.807) is 18.4 Å². The number of hydrogen-bond acceptors (Lipinski definition) is 7. The minimum absolute atomic E-state index is 0.188. The van der Waals surface area contributed by atoms with E-state index in [2.05, 4.69) is 15.1 Å². The second kappa shape index (κ2) is 7.53. The number of carboxylic acids is 1. The fraction of sp³-hybridized carbons (Fsp3) is 0.500. The van der Waals surface area contributed by atoms with Gasteiger partial charge in [0.2, 0.25) is 0 Å². The van der Waals surface area contributed by atoms with Crippen LogP contribution >= 0.6 is 23.1 Å². The number of aromatic nitrogens is 4. The van der Waals surface area contributed by atoms with Crippen molar-refractivity contribution in [2.45, 2.75) is 30.0 Å². The molecule has 2 aromatic rings. The lowest BCUT2D eigenvalue weighted by atomic mass is 10.4. The van der Waals surface area contributed by atoms with Crippen molar-refractivity contribution < 1.29 is 14.6 Å². The summed E-state index contributed by atoms with van der Waals surface area (Å²) in [5.74, 6) is 0.847. The van der Waals surface area contributed by atoms with Crippen LogP contribution in [0.4, 0.5) is 0 Å². The van der Waals surface area contributed by atoms with Crippen molar-refractivity contribution in [2.24, 2.45) is 0 Å². The molecule has 0 bridgehead atoms. The number of thiazole rings is 1. The highest BCUT2D eigenvalue weighted by atomic mass is 32.2. The molecule has 0 amide bonds. The molecule has 114 valence electrons. The first-order chi connectivity index (χ1) is 10.1. The van der Waals surface area contributed by atoms with Crippen molar-refractivity contribution in [3.8, 4) is 0 Å². The number of ether oxygens (including phenoxy) is 1. The van der Waals surface area contributed by atoms with Crippen LogP contribution in [0.2, 0.25) is 0 Å². The van der Waals surface area contributed by atoms with Crippen molar-refractivity contribution >= 4 is 29.1 Å². The summed E-state index contributed by atoms with van der Waals surface area (Å²) in [5.41, 5.74) is 0.982. The molecule has 0 aliphatic carbocycles. The maximum atomic E-state index is 10.9. The van der Waals surface area contributed by atoms with Crippen molar-refractivity contribution in [3.63, 3.8) is 0 Å². The van der Waals surface area contributed by atoms with Gasteiger partial charge in [-0.05, 0) is 6.92 Å². The van der Waals surface area contributed by atoms with Crippen molar-refractivity contribution in [1.29, 1.82) is 0 Å². The molecule has 21 heavy (non-hydrogen) atoms. The van der Waals surface area contributed by atoms with Crippen LogP contribution in [0.15, 0.2) is 9.72 Å². The van der Waals surface area contributed by atoms with Crippen molar-refractivity contribution in [1.82, 2.24) is 19.7 Å². The van der Waals surface area contributed by atoms with Gasteiger partial charge in [-0.15, -0.1) is 11.3 Å². The van der Waals surface area contributed by atoms with Crippen LogP contribution in [0.25, 0.3) is 0 Å². The monoisotopic (exact) mass is 328 g/mol. The number of aryl methyl sites for hydroxylation is 1. The Bertz CT molecular complexity index is 611. The molecule has 0 atom stereocenters. The van der Waals surface area contributed by atoms with Crippen LogP contribution in [-0.4, -0.2) is 44.5 Å². The number of aliphatic carboxylic acids is 1. The number of methoxy groups -OCH3 is 1. The summed E-state index contributed by atoms with van der Waals surface area (Å²) in [6.07, 6.45) is 0.567. The van der Waals surface area contributed by atoms with Gasteiger partial charge in [0.1, 0.15) is 12.4 Å². The number of rotatable bonds is 8. The summed E-state index contributed by atoms with van der Waals surface area (Å²) < 4.78 is 7.36. The molecule has 0 spiro atoms. The van der Waals surface area contributed by atoms with E-state index >= 15 is 0 Å². The van der Waals surface area contributed by atoms with E-state index in [1.807, 2.05) is 12.3 Å². The number of nitrogens with zero attached hydrogens (tertiary/aromatic N) is 4. The Morgan fingerprint density at radius 1 is 1.52 bits per heavy atom. The van der Waals surface area contributed by atoms with Crippen LogP contribution in [0.3, 0.4) is 0 Å². The van der Waals surface area contributed by atoms with Gasteiger partial charge in [0.25, 0.3) is 0 Å². The Hall–Kier alpha value is -1.45. The first-order valence-electron chi connectivity index (χ1n) is 6.26. The van der Waals surface area contributed by atoms with Gasteiger partial charge in [0.15, 0.2) is 10.2 Å². The van der Waals surface area contributed by atoms with Gasteiger partial charge in [-0.25, -0.2) is 14.6 Å². The average molecular weight is 328 g/mol. The summed E-state index contributed by atoms with van der Waals surface area (Å²) in [6.45, 7) is 2.26. The first kappa shape index (κ1) is 15.9. The third-order valence-electron chi connectivity index (χ3n) is 2.53. The molecular formula is C12H16N4O3S2. The average Bonchev–Trinajstić information content (AvgIpc) is 3.00. The number of carboxylic acid groups (broad SMARTS) is 1. The molecule has 7 nitrogen and oxygen atoms in total. The van der Waals surface area contributed by atoms with E-state index in [1.165, 1.54) is 16.4 Å². The van der Waals surface area contributed by atoms with Gasteiger partial charge in [0, 0.05) is 24.6 Å². The SMILES string of the molecule is COCCc1nc(CSc2nc(C)cs2)n(CC(=O)O)n1. The van der Waals surface area contributed by atoms with Gasteiger partial charge in [-0.2, -0.15) is 5.10 Å². The first-order valence-corrected chi connectivity index (χ1v) is 8.13. The third-order valence-corrected chi connectivity index (χ3v) is 4.66. The summed E-state index contributed by atoms with van der Waals surface area (Å²) in [7, 11) is 1.61. The van der Waals surface area contributed by atoms with Crippen molar-refractivity contribution in [3.05, 3.63) is 22.7 Å². The largest absolute Gasteiger partial charge is 0.480 e. The second-order valence-corrected chi connectivity index (χ2v) is 6.36. The third kappa shape index (κ3) is 4.80. The second-order valence-electron chi connectivity index (χ2n) is 4.28. The topological polar surface area (TPSA) is 90.1 Å². The van der Waals surface area contributed by atoms with Gasteiger partial charge in [-0.1, -0.05) is 11.8 Å². The van der Waals surface area contributed by atoms with Gasteiger partial charge >= 0.3 is 5.97 Å². The molecule has 2 rings (SSSR count). The van der Waals surface area contributed by atoms with E-state index in [0.29, 0.717) is 30.4 Å². The Morgan fingerprint density at radius 3 is 2.95 bits per heavy atom. The zero-order chi connectivity index (χ0) is 15.2. The molecular weight excluding hydrogens is 312 g/mol. The predicted octanol–water partition coefficient (Wildman–Crippen LogP) is 1.61.